The number of nitrogens with two attached hydrogens (primary N) is 1. The number of carbonyl (C=O) groups is 4. The van der Waals surface area contributed by atoms with Gasteiger partial charge in [0.1, 0.15) is 23.9 Å². The SMILES string of the molecule is CC(C)C(NC(=O)C(N)Cc1ccc(O)cc1)C(=O)NC(Cc1c[nH]c2ccccc12)C(=O)NC(CS)C(=O)O. The molecule has 3 rings (SSSR count). The van der Waals surface area contributed by atoms with Crippen molar-refractivity contribution in [3.8, 4) is 5.75 Å². The Bertz CT molecular complexity index is 1340. The molecule has 0 aliphatic rings. The van der Waals surface area contributed by atoms with Gasteiger partial charge in [0.05, 0.1) is 6.04 Å². The van der Waals surface area contributed by atoms with Gasteiger partial charge in [-0.05, 0) is 41.7 Å². The summed E-state index contributed by atoms with van der Waals surface area (Å²) in [6, 6.07) is 9.37. The summed E-state index contributed by atoms with van der Waals surface area (Å²) < 4.78 is 0. The van der Waals surface area contributed by atoms with Gasteiger partial charge < -0.3 is 36.9 Å². The smallest absolute Gasteiger partial charge is 0.327 e. The van der Waals surface area contributed by atoms with Crippen molar-refractivity contribution in [1.82, 2.24) is 20.9 Å². The van der Waals surface area contributed by atoms with E-state index in [-0.39, 0.29) is 30.3 Å². The van der Waals surface area contributed by atoms with E-state index in [0.29, 0.717) is 0 Å². The molecule has 1 aromatic heterocycles. The van der Waals surface area contributed by atoms with Crippen LogP contribution in [0.3, 0.4) is 0 Å². The molecule has 2 aromatic carbocycles. The molecule has 4 unspecified atom stereocenters. The fraction of sp³-hybridized carbons (Fsp3) is 0.357. The molecule has 0 saturated heterocycles. The summed E-state index contributed by atoms with van der Waals surface area (Å²) in [5.41, 5.74) is 8.41. The van der Waals surface area contributed by atoms with Crippen molar-refractivity contribution in [2.24, 2.45) is 11.7 Å². The number of H-pyrrole nitrogens is 1. The Hall–Kier alpha value is -4.03. The lowest BCUT2D eigenvalue weighted by Crippen LogP contribution is -2.59. The Kier molecular flexibility index (Phi) is 10.6. The van der Waals surface area contributed by atoms with E-state index in [1.807, 2.05) is 24.3 Å². The average molecular weight is 570 g/mol. The number of aliphatic carboxylic acids is 1. The largest absolute Gasteiger partial charge is 0.508 e. The van der Waals surface area contributed by atoms with Crippen LogP contribution in [0.1, 0.15) is 25.0 Å². The number of phenols is 1. The van der Waals surface area contributed by atoms with Crippen molar-refractivity contribution in [1.29, 1.82) is 0 Å². The molecule has 4 atom stereocenters. The van der Waals surface area contributed by atoms with Gasteiger partial charge in [-0.1, -0.05) is 44.2 Å². The molecule has 0 bridgehead atoms. The fourth-order valence-corrected chi connectivity index (χ4v) is 4.47. The summed E-state index contributed by atoms with van der Waals surface area (Å²) in [5.74, 6) is -3.52. The van der Waals surface area contributed by atoms with Gasteiger partial charge in [0.2, 0.25) is 17.7 Å². The number of aromatic hydroxyl groups is 1. The first kappa shape index (κ1) is 30.5. The second-order valence-corrected chi connectivity index (χ2v) is 10.3. The Morgan fingerprint density at radius 1 is 0.900 bits per heavy atom. The van der Waals surface area contributed by atoms with Crippen molar-refractivity contribution in [3.05, 3.63) is 65.9 Å². The summed E-state index contributed by atoms with van der Waals surface area (Å²) >= 11 is 4.00. The van der Waals surface area contributed by atoms with E-state index in [2.05, 4.69) is 33.6 Å². The number of aromatic amines is 1. The molecule has 3 amide bonds. The number of fused-ring (bicyclic) bond motifs is 1. The minimum atomic E-state index is -1.25. The maximum absolute atomic E-state index is 13.4. The number of carboxylic acid groups (broad SMARTS) is 1. The Labute approximate surface area is 237 Å². The van der Waals surface area contributed by atoms with Crippen LogP contribution < -0.4 is 21.7 Å². The topological polar surface area (TPSA) is 187 Å². The van der Waals surface area contributed by atoms with E-state index >= 15 is 0 Å². The second kappa shape index (κ2) is 13.9. The molecule has 0 aliphatic carbocycles. The highest BCUT2D eigenvalue weighted by atomic mass is 32.1. The van der Waals surface area contributed by atoms with Crippen LogP contribution in [-0.4, -0.2) is 68.8 Å². The molecule has 0 spiro atoms. The minimum absolute atomic E-state index is 0.0691. The van der Waals surface area contributed by atoms with Crippen LogP contribution in [0, 0.1) is 5.92 Å². The summed E-state index contributed by atoms with van der Waals surface area (Å²) in [6.07, 6.45) is 1.98. The number of carboxylic acids is 1. The number of nitrogens with one attached hydrogen (secondary N) is 4. The van der Waals surface area contributed by atoms with E-state index in [1.165, 1.54) is 12.1 Å². The zero-order valence-corrected chi connectivity index (χ0v) is 23.2. The third-order valence-corrected chi connectivity index (χ3v) is 6.87. The van der Waals surface area contributed by atoms with Crippen LogP contribution in [0.15, 0.2) is 54.7 Å². The first-order valence-corrected chi connectivity index (χ1v) is 13.5. The maximum Gasteiger partial charge on any atom is 0.327 e. The Morgan fingerprint density at radius 3 is 2.17 bits per heavy atom. The molecule has 0 radical (unpaired) electrons. The van der Waals surface area contributed by atoms with Gasteiger partial charge >= 0.3 is 5.97 Å². The standard InChI is InChI=1S/C28H35N5O6S/c1-15(2)24(33-25(35)20(29)11-16-7-9-18(34)10-8-16)27(37)31-22(26(36)32-23(14-40)28(38)39)12-17-13-30-21-6-4-3-5-19(17)21/h3-10,13,15,20,22-24,30,34,40H,11-12,14,29H2,1-2H3,(H,31,37)(H,32,36)(H,33,35)(H,38,39). The lowest BCUT2D eigenvalue weighted by atomic mass is 9.99. The van der Waals surface area contributed by atoms with Gasteiger partial charge in [0, 0.05) is 29.3 Å². The zero-order valence-electron chi connectivity index (χ0n) is 22.3. The van der Waals surface area contributed by atoms with E-state index in [1.54, 1.807) is 32.2 Å². The number of rotatable bonds is 13. The minimum Gasteiger partial charge on any atom is -0.508 e. The predicted molar refractivity (Wildman–Crippen MR) is 154 cm³/mol. The molecule has 1 heterocycles. The van der Waals surface area contributed by atoms with Gasteiger partial charge in [-0.15, -0.1) is 0 Å². The highest BCUT2D eigenvalue weighted by Crippen LogP contribution is 2.19. The van der Waals surface area contributed by atoms with E-state index in [4.69, 9.17) is 5.73 Å². The third kappa shape index (κ3) is 7.99. The molecule has 0 saturated carbocycles. The summed E-state index contributed by atoms with van der Waals surface area (Å²) in [7, 11) is 0. The molecule has 11 nitrogen and oxygen atoms in total. The maximum atomic E-state index is 13.4. The molecule has 3 aromatic rings. The Balaban J connectivity index is 1.77. The number of hydrogen-bond acceptors (Lipinski definition) is 7. The van der Waals surface area contributed by atoms with Crippen LogP contribution in [-0.2, 0) is 32.0 Å². The first-order chi connectivity index (χ1) is 19.0. The predicted octanol–water partition coefficient (Wildman–Crippen LogP) is 1.11. The van der Waals surface area contributed by atoms with Gasteiger partial charge in [-0.2, -0.15) is 12.6 Å². The van der Waals surface area contributed by atoms with E-state index in [0.717, 1.165) is 22.0 Å². The number of carbonyl (C=O) groups excluding carboxylic acids is 3. The van der Waals surface area contributed by atoms with Crippen molar-refractivity contribution in [3.63, 3.8) is 0 Å². The highest BCUT2D eigenvalue weighted by Gasteiger charge is 2.32. The molecule has 8 N–H and O–H groups in total. The first-order valence-electron chi connectivity index (χ1n) is 12.8. The average Bonchev–Trinajstić information content (AvgIpc) is 3.33. The number of amides is 3. The highest BCUT2D eigenvalue weighted by molar-refractivity contribution is 7.80. The van der Waals surface area contributed by atoms with Crippen molar-refractivity contribution in [2.45, 2.75) is 50.9 Å². The molecule has 214 valence electrons. The van der Waals surface area contributed by atoms with Crippen LogP contribution in [0.25, 0.3) is 10.9 Å². The number of para-hydroxylation sites is 1. The van der Waals surface area contributed by atoms with Crippen LogP contribution >= 0.6 is 12.6 Å². The Morgan fingerprint density at radius 2 is 1.55 bits per heavy atom. The normalized spacial score (nSPS) is 14.2. The molecule has 40 heavy (non-hydrogen) atoms. The quantitative estimate of drug-likeness (QED) is 0.142. The van der Waals surface area contributed by atoms with E-state index in [9.17, 15) is 29.4 Å². The molecule has 0 aliphatic heterocycles. The zero-order chi connectivity index (χ0) is 29.4. The van der Waals surface area contributed by atoms with Crippen molar-refractivity contribution in [2.75, 3.05) is 5.75 Å². The third-order valence-electron chi connectivity index (χ3n) is 6.50. The summed E-state index contributed by atoms with van der Waals surface area (Å²) in [5, 5.41) is 27.5. The van der Waals surface area contributed by atoms with Crippen molar-refractivity contribution >= 4 is 47.2 Å². The summed E-state index contributed by atoms with van der Waals surface area (Å²) in [4.78, 5) is 54.1. The molecule has 12 heteroatoms. The number of phenolic OH excluding ortho intramolecular Hbond substituents is 1. The number of thiol groups is 1. The second-order valence-electron chi connectivity index (χ2n) is 9.91. The number of aromatic nitrogens is 1. The molecule has 0 fully saturated rings. The molecular formula is C28H35N5O6S. The van der Waals surface area contributed by atoms with Gasteiger partial charge in [0.15, 0.2) is 0 Å². The van der Waals surface area contributed by atoms with Crippen LogP contribution in [0.2, 0.25) is 0 Å². The van der Waals surface area contributed by atoms with E-state index < -0.39 is 47.9 Å². The van der Waals surface area contributed by atoms with Gasteiger partial charge in [0.25, 0.3) is 0 Å². The lowest BCUT2D eigenvalue weighted by Gasteiger charge is -2.27. The number of benzene rings is 2. The number of hydrogen-bond donors (Lipinski definition) is 8. The summed E-state index contributed by atoms with van der Waals surface area (Å²) in [6.45, 7) is 3.48. The monoisotopic (exact) mass is 569 g/mol. The fourth-order valence-electron chi connectivity index (χ4n) is 4.22. The van der Waals surface area contributed by atoms with Crippen LogP contribution in [0.4, 0.5) is 0 Å². The lowest BCUT2D eigenvalue weighted by molar-refractivity contribution is -0.141. The molecular weight excluding hydrogens is 534 g/mol. The van der Waals surface area contributed by atoms with Crippen molar-refractivity contribution < 1.29 is 29.4 Å². The van der Waals surface area contributed by atoms with Crippen LogP contribution in [0.5, 0.6) is 5.75 Å². The van der Waals surface area contributed by atoms with Gasteiger partial charge in [-0.3, -0.25) is 14.4 Å². The van der Waals surface area contributed by atoms with Gasteiger partial charge in [-0.25, -0.2) is 4.79 Å².